The second kappa shape index (κ2) is 8.38. The molecule has 0 spiro atoms. The average molecular weight is 206 g/mol. The molecule has 0 saturated heterocycles. The van der Waals surface area contributed by atoms with Crippen molar-refractivity contribution in [1.82, 2.24) is 0 Å². The normalized spacial score (nSPS) is 12.8. The summed E-state index contributed by atoms with van der Waals surface area (Å²) in [5.74, 6) is 0.283. The molecule has 0 aromatic rings. The first-order chi connectivity index (χ1) is 6.20. The first-order valence-corrected chi connectivity index (χ1v) is 5.57. The topological polar surface area (TPSA) is 46.5 Å². The van der Waals surface area contributed by atoms with Gasteiger partial charge in [-0.25, -0.2) is 0 Å². The number of rotatable bonds is 8. The highest BCUT2D eigenvalue weighted by Gasteiger charge is 2.10. The highest BCUT2D eigenvalue weighted by atomic mass is 32.2. The van der Waals surface area contributed by atoms with Crippen LogP contribution in [0.15, 0.2) is 0 Å². The zero-order chi connectivity index (χ0) is 10.1. The fourth-order valence-electron chi connectivity index (χ4n) is 0.969. The van der Waals surface area contributed by atoms with Crippen LogP contribution in [0, 0.1) is 0 Å². The molecule has 78 valence electrons. The minimum atomic E-state index is -0.703. The average Bonchev–Trinajstić information content (AvgIpc) is 2.09. The van der Waals surface area contributed by atoms with Crippen LogP contribution in [0.4, 0.5) is 0 Å². The van der Waals surface area contributed by atoms with E-state index < -0.39 is 5.97 Å². The smallest absolute Gasteiger partial charge is 0.304 e. The molecule has 1 unspecified atom stereocenters. The Hall–Kier alpha value is -0.220. The Balaban J connectivity index is 3.42. The van der Waals surface area contributed by atoms with Gasteiger partial charge in [0.2, 0.25) is 0 Å². The Labute approximate surface area is 83.9 Å². The van der Waals surface area contributed by atoms with Crippen LogP contribution >= 0.6 is 11.8 Å². The summed E-state index contributed by atoms with van der Waals surface area (Å²) in [6.07, 6.45) is 2.19. The van der Waals surface area contributed by atoms with Crippen LogP contribution in [-0.2, 0) is 9.53 Å². The highest BCUT2D eigenvalue weighted by molar-refractivity contribution is 7.99. The van der Waals surface area contributed by atoms with E-state index in [9.17, 15) is 4.79 Å². The standard InChI is InChI=1S/C9H18O3S/c1-3-8(7-9(10)11)13-6-4-5-12-2/h8H,3-7H2,1-2H3,(H,10,11). The third kappa shape index (κ3) is 8.12. The summed E-state index contributed by atoms with van der Waals surface area (Å²) in [4.78, 5) is 10.4. The van der Waals surface area contributed by atoms with Crippen molar-refractivity contribution >= 4 is 17.7 Å². The third-order valence-corrected chi connectivity index (χ3v) is 3.20. The summed E-state index contributed by atoms with van der Waals surface area (Å²) in [5.41, 5.74) is 0. The van der Waals surface area contributed by atoms with Gasteiger partial charge in [-0.15, -0.1) is 0 Å². The maximum Gasteiger partial charge on any atom is 0.304 e. The van der Waals surface area contributed by atoms with Crippen LogP contribution in [0.1, 0.15) is 26.2 Å². The van der Waals surface area contributed by atoms with Crippen LogP contribution in [0.5, 0.6) is 0 Å². The fraction of sp³-hybridized carbons (Fsp3) is 0.889. The number of carbonyl (C=O) groups is 1. The first-order valence-electron chi connectivity index (χ1n) is 4.53. The summed E-state index contributed by atoms with van der Waals surface area (Å²) in [5, 5.41) is 8.84. The molecule has 1 N–H and O–H groups in total. The highest BCUT2D eigenvalue weighted by Crippen LogP contribution is 2.18. The quantitative estimate of drug-likeness (QED) is 0.617. The van der Waals surface area contributed by atoms with Gasteiger partial charge in [0.15, 0.2) is 0 Å². The predicted octanol–water partition coefficient (Wildman–Crippen LogP) is 2.01. The summed E-state index contributed by atoms with van der Waals surface area (Å²) >= 11 is 1.73. The predicted molar refractivity (Wildman–Crippen MR) is 55.3 cm³/mol. The number of ether oxygens (including phenoxy) is 1. The lowest BCUT2D eigenvalue weighted by atomic mass is 10.2. The van der Waals surface area contributed by atoms with Crippen molar-refractivity contribution in [1.29, 1.82) is 0 Å². The number of aliphatic carboxylic acids is 1. The van der Waals surface area contributed by atoms with E-state index in [0.717, 1.165) is 25.2 Å². The fourth-order valence-corrected chi connectivity index (χ4v) is 2.08. The van der Waals surface area contributed by atoms with E-state index in [0.29, 0.717) is 0 Å². The maximum absolute atomic E-state index is 10.4. The Kier molecular flexibility index (Phi) is 8.24. The molecule has 0 heterocycles. The molecule has 1 atom stereocenters. The van der Waals surface area contributed by atoms with Crippen molar-refractivity contribution in [3.05, 3.63) is 0 Å². The number of carboxylic acids is 1. The van der Waals surface area contributed by atoms with Crippen LogP contribution in [-0.4, -0.2) is 35.8 Å². The summed E-state index contributed by atoms with van der Waals surface area (Å²) in [6, 6.07) is 0. The second-order valence-corrected chi connectivity index (χ2v) is 4.25. The zero-order valence-corrected chi connectivity index (χ0v) is 9.10. The molecule has 0 bridgehead atoms. The summed E-state index contributed by atoms with van der Waals surface area (Å²) in [7, 11) is 1.68. The number of hydrogen-bond donors (Lipinski definition) is 1. The summed E-state index contributed by atoms with van der Waals surface area (Å²) < 4.78 is 4.91. The molecule has 0 saturated carbocycles. The minimum Gasteiger partial charge on any atom is -0.481 e. The molecule has 0 rings (SSSR count). The van der Waals surface area contributed by atoms with Gasteiger partial charge in [0.1, 0.15) is 0 Å². The monoisotopic (exact) mass is 206 g/mol. The van der Waals surface area contributed by atoms with Gasteiger partial charge in [-0.3, -0.25) is 4.79 Å². The molecule has 0 aliphatic carbocycles. The Morgan fingerprint density at radius 1 is 1.62 bits per heavy atom. The first kappa shape index (κ1) is 12.8. The van der Waals surface area contributed by atoms with Crippen molar-refractivity contribution < 1.29 is 14.6 Å². The van der Waals surface area contributed by atoms with Crippen molar-refractivity contribution in [3.63, 3.8) is 0 Å². The minimum absolute atomic E-state index is 0.259. The Morgan fingerprint density at radius 3 is 2.77 bits per heavy atom. The number of carboxylic acid groups (broad SMARTS) is 1. The van der Waals surface area contributed by atoms with Gasteiger partial charge in [0.05, 0.1) is 6.42 Å². The number of methoxy groups -OCH3 is 1. The van der Waals surface area contributed by atoms with Gasteiger partial charge in [-0.1, -0.05) is 6.92 Å². The van der Waals surface area contributed by atoms with E-state index >= 15 is 0 Å². The van der Waals surface area contributed by atoms with Crippen LogP contribution in [0.2, 0.25) is 0 Å². The Morgan fingerprint density at radius 2 is 2.31 bits per heavy atom. The molecule has 0 amide bonds. The molecule has 4 heteroatoms. The van der Waals surface area contributed by atoms with E-state index in [-0.39, 0.29) is 11.7 Å². The molecule has 13 heavy (non-hydrogen) atoms. The SMILES string of the molecule is CCC(CC(=O)O)SCCCOC. The second-order valence-electron chi connectivity index (χ2n) is 2.85. The molecule has 0 fully saturated rings. The zero-order valence-electron chi connectivity index (χ0n) is 8.28. The van der Waals surface area contributed by atoms with Gasteiger partial charge in [0.25, 0.3) is 0 Å². The van der Waals surface area contributed by atoms with Crippen molar-refractivity contribution in [2.24, 2.45) is 0 Å². The van der Waals surface area contributed by atoms with Crippen molar-refractivity contribution in [2.45, 2.75) is 31.4 Å². The molecule has 3 nitrogen and oxygen atoms in total. The van der Waals surface area contributed by atoms with Gasteiger partial charge in [-0.2, -0.15) is 11.8 Å². The lowest BCUT2D eigenvalue weighted by Crippen LogP contribution is -2.09. The van der Waals surface area contributed by atoms with Gasteiger partial charge >= 0.3 is 5.97 Å². The van der Waals surface area contributed by atoms with Crippen LogP contribution < -0.4 is 0 Å². The summed E-state index contributed by atoms with van der Waals surface area (Å²) in [6.45, 7) is 2.79. The largest absolute Gasteiger partial charge is 0.481 e. The van der Waals surface area contributed by atoms with E-state index in [1.807, 2.05) is 6.92 Å². The van der Waals surface area contributed by atoms with E-state index in [1.165, 1.54) is 0 Å². The maximum atomic E-state index is 10.4. The number of thioether (sulfide) groups is 1. The molecular weight excluding hydrogens is 188 g/mol. The van der Waals surface area contributed by atoms with Crippen LogP contribution in [0.25, 0.3) is 0 Å². The Bertz CT molecular complexity index is 139. The van der Waals surface area contributed by atoms with Gasteiger partial charge in [-0.05, 0) is 18.6 Å². The van der Waals surface area contributed by atoms with Crippen molar-refractivity contribution in [2.75, 3.05) is 19.5 Å². The number of hydrogen-bond acceptors (Lipinski definition) is 3. The molecule has 0 radical (unpaired) electrons. The van der Waals surface area contributed by atoms with E-state index in [1.54, 1.807) is 18.9 Å². The molecule has 0 aliphatic rings. The molecule has 0 aromatic heterocycles. The van der Waals surface area contributed by atoms with Gasteiger partial charge < -0.3 is 9.84 Å². The lowest BCUT2D eigenvalue weighted by molar-refractivity contribution is -0.136. The van der Waals surface area contributed by atoms with E-state index in [4.69, 9.17) is 9.84 Å². The third-order valence-electron chi connectivity index (χ3n) is 1.70. The van der Waals surface area contributed by atoms with Gasteiger partial charge in [0, 0.05) is 19.0 Å². The van der Waals surface area contributed by atoms with Crippen LogP contribution in [0.3, 0.4) is 0 Å². The molecule has 0 aliphatic heterocycles. The molecular formula is C9H18O3S. The van der Waals surface area contributed by atoms with E-state index in [2.05, 4.69) is 0 Å². The van der Waals surface area contributed by atoms with Crippen molar-refractivity contribution in [3.8, 4) is 0 Å². The molecule has 0 aromatic carbocycles. The lowest BCUT2D eigenvalue weighted by Gasteiger charge is -2.11.